The molecule has 0 saturated carbocycles. The minimum Gasteiger partial charge on any atom is -0.332 e. The SMILES string of the molecule is NNc1c(F)cccc1C(=O)N1CCn2ccnc2C1. The van der Waals surface area contributed by atoms with Gasteiger partial charge in [-0.25, -0.2) is 9.37 Å². The van der Waals surface area contributed by atoms with Crippen LogP contribution in [0.1, 0.15) is 16.2 Å². The Morgan fingerprint density at radius 3 is 3.05 bits per heavy atom. The maximum atomic E-state index is 13.6. The highest BCUT2D eigenvalue weighted by atomic mass is 19.1. The number of anilines is 1. The number of benzene rings is 1. The van der Waals surface area contributed by atoms with Gasteiger partial charge in [0.1, 0.15) is 11.6 Å². The highest BCUT2D eigenvalue weighted by molar-refractivity contribution is 5.99. The number of rotatable bonds is 2. The highest BCUT2D eigenvalue weighted by Crippen LogP contribution is 2.22. The Labute approximate surface area is 115 Å². The number of halogens is 1. The molecule has 0 fully saturated rings. The van der Waals surface area contributed by atoms with E-state index in [9.17, 15) is 9.18 Å². The number of nitrogens with zero attached hydrogens (tertiary/aromatic N) is 3. The predicted octanol–water partition coefficient (Wildman–Crippen LogP) is 0.964. The number of carbonyl (C=O) groups excluding carboxylic acids is 1. The molecule has 3 N–H and O–H groups in total. The maximum Gasteiger partial charge on any atom is 0.256 e. The van der Waals surface area contributed by atoms with E-state index in [0.29, 0.717) is 19.6 Å². The van der Waals surface area contributed by atoms with E-state index in [1.165, 1.54) is 12.1 Å². The zero-order valence-corrected chi connectivity index (χ0v) is 10.7. The second kappa shape index (κ2) is 4.93. The summed E-state index contributed by atoms with van der Waals surface area (Å²) in [5, 5.41) is 0. The molecule has 0 unspecified atom stereocenters. The second-order valence-electron chi connectivity index (χ2n) is 4.57. The van der Waals surface area contributed by atoms with Gasteiger partial charge in [-0.15, -0.1) is 0 Å². The first kappa shape index (κ1) is 12.6. The molecule has 0 atom stereocenters. The van der Waals surface area contributed by atoms with Crippen molar-refractivity contribution in [1.29, 1.82) is 0 Å². The summed E-state index contributed by atoms with van der Waals surface area (Å²) in [5.74, 6) is 5.32. The average Bonchev–Trinajstić information content (AvgIpc) is 2.93. The molecule has 0 spiro atoms. The van der Waals surface area contributed by atoms with Gasteiger partial charge in [-0.05, 0) is 12.1 Å². The molecule has 1 aromatic heterocycles. The number of hydrogen-bond acceptors (Lipinski definition) is 4. The van der Waals surface area contributed by atoms with Gasteiger partial charge in [-0.3, -0.25) is 10.6 Å². The molecule has 2 aromatic rings. The smallest absolute Gasteiger partial charge is 0.256 e. The number of amides is 1. The van der Waals surface area contributed by atoms with E-state index in [-0.39, 0.29) is 17.2 Å². The first-order chi connectivity index (χ1) is 9.70. The topological polar surface area (TPSA) is 76.2 Å². The Balaban J connectivity index is 1.89. The van der Waals surface area contributed by atoms with Crippen LogP contribution in [0.4, 0.5) is 10.1 Å². The largest absolute Gasteiger partial charge is 0.332 e. The van der Waals surface area contributed by atoms with Crippen molar-refractivity contribution >= 4 is 11.6 Å². The molecule has 2 heterocycles. The summed E-state index contributed by atoms with van der Waals surface area (Å²) in [6.45, 7) is 1.65. The maximum absolute atomic E-state index is 13.6. The molecule has 6 nitrogen and oxygen atoms in total. The number of para-hydroxylation sites is 1. The molecule has 0 saturated heterocycles. The predicted molar refractivity (Wildman–Crippen MR) is 71.2 cm³/mol. The number of hydrazine groups is 1. The molecular weight excluding hydrogens is 261 g/mol. The van der Waals surface area contributed by atoms with Gasteiger partial charge >= 0.3 is 0 Å². The lowest BCUT2D eigenvalue weighted by molar-refractivity contribution is 0.0708. The van der Waals surface area contributed by atoms with Crippen LogP contribution < -0.4 is 11.3 Å². The van der Waals surface area contributed by atoms with Crippen LogP contribution in [0.3, 0.4) is 0 Å². The fourth-order valence-electron chi connectivity index (χ4n) is 2.37. The van der Waals surface area contributed by atoms with Crippen LogP contribution in [-0.4, -0.2) is 26.9 Å². The fraction of sp³-hybridized carbons (Fsp3) is 0.231. The molecule has 7 heteroatoms. The van der Waals surface area contributed by atoms with Crippen LogP contribution >= 0.6 is 0 Å². The summed E-state index contributed by atoms with van der Waals surface area (Å²) >= 11 is 0. The standard InChI is InChI=1S/C13H14FN5O/c14-10-3-1-2-9(12(10)17-15)13(20)19-7-6-18-5-4-16-11(18)8-19/h1-5,17H,6-8,15H2. The van der Waals surface area contributed by atoms with Gasteiger partial charge in [0, 0.05) is 25.5 Å². The van der Waals surface area contributed by atoms with Gasteiger partial charge in [-0.1, -0.05) is 6.07 Å². The molecule has 20 heavy (non-hydrogen) atoms. The molecule has 1 aliphatic heterocycles. The number of fused-ring (bicyclic) bond motifs is 1. The van der Waals surface area contributed by atoms with E-state index >= 15 is 0 Å². The molecule has 104 valence electrons. The van der Waals surface area contributed by atoms with Crippen molar-refractivity contribution in [2.45, 2.75) is 13.1 Å². The molecular formula is C13H14FN5O. The Hall–Kier alpha value is -2.41. The molecule has 3 rings (SSSR count). The summed E-state index contributed by atoms with van der Waals surface area (Å²) in [5.41, 5.74) is 2.50. The normalized spacial score (nSPS) is 14.0. The minimum absolute atomic E-state index is 0.0198. The molecule has 1 amide bonds. The number of carbonyl (C=O) groups is 1. The van der Waals surface area contributed by atoms with E-state index in [2.05, 4.69) is 10.4 Å². The van der Waals surface area contributed by atoms with Crippen LogP contribution in [0.2, 0.25) is 0 Å². The van der Waals surface area contributed by atoms with E-state index in [4.69, 9.17) is 5.84 Å². The molecule has 1 aromatic carbocycles. The van der Waals surface area contributed by atoms with Crippen LogP contribution in [0, 0.1) is 5.82 Å². The highest BCUT2D eigenvalue weighted by Gasteiger charge is 2.24. The number of hydrogen-bond donors (Lipinski definition) is 2. The number of nitrogen functional groups attached to an aromatic ring is 1. The van der Waals surface area contributed by atoms with Crippen LogP contribution in [-0.2, 0) is 13.1 Å². The van der Waals surface area contributed by atoms with Crippen molar-refractivity contribution in [3.63, 3.8) is 0 Å². The zero-order chi connectivity index (χ0) is 14.1. The van der Waals surface area contributed by atoms with Gasteiger partial charge in [0.05, 0.1) is 17.8 Å². The Kier molecular flexibility index (Phi) is 3.11. The van der Waals surface area contributed by atoms with Crippen molar-refractivity contribution in [1.82, 2.24) is 14.5 Å². The third-order valence-corrected chi connectivity index (χ3v) is 3.42. The van der Waals surface area contributed by atoms with Crippen molar-refractivity contribution < 1.29 is 9.18 Å². The third kappa shape index (κ3) is 2.01. The van der Waals surface area contributed by atoms with Gasteiger partial charge in [0.25, 0.3) is 5.91 Å². The van der Waals surface area contributed by atoms with Crippen LogP contribution in [0.5, 0.6) is 0 Å². The van der Waals surface area contributed by atoms with Crippen LogP contribution in [0.25, 0.3) is 0 Å². The minimum atomic E-state index is -0.545. The Bertz CT molecular complexity index is 654. The monoisotopic (exact) mass is 275 g/mol. The molecule has 1 aliphatic rings. The van der Waals surface area contributed by atoms with Gasteiger partial charge in [-0.2, -0.15) is 0 Å². The third-order valence-electron chi connectivity index (χ3n) is 3.42. The summed E-state index contributed by atoms with van der Waals surface area (Å²) in [6, 6.07) is 4.31. The lowest BCUT2D eigenvalue weighted by atomic mass is 10.1. The number of imidazole rings is 1. The first-order valence-corrected chi connectivity index (χ1v) is 6.25. The Morgan fingerprint density at radius 1 is 1.40 bits per heavy atom. The lowest BCUT2D eigenvalue weighted by Crippen LogP contribution is -2.38. The quantitative estimate of drug-likeness (QED) is 0.632. The zero-order valence-electron chi connectivity index (χ0n) is 10.7. The lowest BCUT2D eigenvalue weighted by Gasteiger charge is -2.28. The summed E-state index contributed by atoms with van der Waals surface area (Å²) < 4.78 is 15.6. The van der Waals surface area contributed by atoms with Crippen LogP contribution in [0.15, 0.2) is 30.6 Å². The molecule has 0 bridgehead atoms. The van der Waals surface area contributed by atoms with Crippen molar-refractivity contribution in [3.05, 3.63) is 47.8 Å². The first-order valence-electron chi connectivity index (χ1n) is 6.25. The van der Waals surface area contributed by atoms with E-state index in [1.54, 1.807) is 17.2 Å². The number of nitrogens with two attached hydrogens (primary N) is 1. The van der Waals surface area contributed by atoms with Gasteiger partial charge < -0.3 is 14.9 Å². The summed E-state index contributed by atoms with van der Waals surface area (Å²) in [6.07, 6.45) is 3.59. The fourth-order valence-corrected chi connectivity index (χ4v) is 2.37. The molecule has 0 aliphatic carbocycles. The van der Waals surface area contributed by atoms with E-state index in [1.807, 2.05) is 10.8 Å². The number of aromatic nitrogens is 2. The van der Waals surface area contributed by atoms with Crippen molar-refractivity contribution in [3.8, 4) is 0 Å². The summed E-state index contributed by atoms with van der Waals surface area (Å²) in [7, 11) is 0. The summed E-state index contributed by atoms with van der Waals surface area (Å²) in [4.78, 5) is 18.3. The van der Waals surface area contributed by atoms with E-state index in [0.717, 1.165) is 5.82 Å². The second-order valence-corrected chi connectivity index (χ2v) is 4.57. The van der Waals surface area contributed by atoms with Gasteiger partial charge in [0.15, 0.2) is 0 Å². The van der Waals surface area contributed by atoms with E-state index < -0.39 is 5.82 Å². The van der Waals surface area contributed by atoms with Crippen molar-refractivity contribution in [2.24, 2.45) is 5.84 Å². The Morgan fingerprint density at radius 2 is 2.25 bits per heavy atom. The molecule has 0 radical (unpaired) electrons. The van der Waals surface area contributed by atoms with Crippen molar-refractivity contribution in [2.75, 3.05) is 12.0 Å². The van der Waals surface area contributed by atoms with Gasteiger partial charge in [0.2, 0.25) is 0 Å². The average molecular weight is 275 g/mol. The number of nitrogens with one attached hydrogen (secondary N) is 1.